The molecule has 4 rings (SSSR count). The number of sulfone groups is 1. The molecule has 0 saturated carbocycles. The largest absolute Gasteiger partial charge is 0.501 e. The predicted octanol–water partition coefficient (Wildman–Crippen LogP) is 4.37. The summed E-state index contributed by atoms with van der Waals surface area (Å²) in [6, 6.07) is 10.0. The van der Waals surface area contributed by atoms with Crippen molar-refractivity contribution in [3.63, 3.8) is 0 Å². The molecule has 0 aromatic heterocycles. The van der Waals surface area contributed by atoms with Crippen LogP contribution in [0.2, 0.25) is 0 Å². The smallest absolute Gasteiger partial charge is 0.464 e. The van der Waals surface area contributed by atoms with Gasteiger partial charge in [-0.1, -0.05) is 26.0 Å². The molecular weight excluding hydrogens is 511 g/mol. The maximum atomic E-state index is 13.3. The molecule has 0 aliphatic carbocycles. The van der Waals surface area contributed by atoms with Crippen LogP contribution in [0.3, 0.4) is 0 Å². The molecule has 200 valence electrons. The first-order valence-corrected chi connectivity index (χ1v) is 13.4. The van der Waals surface area contributed by atoms with Gasteiger partial charge in [-0.05, 0) is 36.2 Å². The molecule has 2 aromatic carbocycles. The molecule has 1 saturated heterocycles. The molecular formula is C25H28F3N3O5S. The van der Waals surface area contributed by atoms with Gasteiger partial charge in [-0.3, -0.25) is 9.69 Å². The molecule has 0 bridgehead atoms. The molecule has 2 aliphatic heterocycles. The monoisotopic (exact) mass is 539 g/mol. The number of amidine groups is 1. The molecule has 37 heavy (non-hydrogen) atoms. The average molecular weight is 540 g/mol. The van der Waals surface area contributed by atoms with Gasteiger partial charge in [0.15, 0.2) is 5.75 Å². The highest BCUT2D eigenvalue weighted by molar-refractivity contribution is 7.92. The van der Waals surface area contributed by atoms with E-state index in [1.165, 1.54) is 6.07 Å². The number of aliphatic imine (C=N–C) groups is 1. The Labute approximate surface area is 213 Å². The van der Waals surface area contributed by atoms with Gasteiger partial charge in [0.1, 0.15) is 23.9 Å². The van der Waals surface area contributed by atoms with Gasteiger partial charge < -0.3 is 14.4 Å². The topological polar surface area (TPSA) is 88.5 Å². The number of piperazine rings is 1. The van der Waals surface area contributed by atoms with Crippen LogP contribution in [0.15, 0.2) is 52.4 Å². The van der Waals surface area contributed by atoms with Gasteiger partial charge >= 0.3 is 11.5 Å². The first-order chi connectivity index (χ1) is 17.5. The van der Waals surface area contributed by atoms with Crippen molar-refractivity contribution in [2.24, 2.45) is 10.9 Å². The van der Waals surface area contributed by atoms with Gasteiger partial charge in [0.2, 0.25) is 0 Å². The van der Waals surface area contributed by atoms with E-state index < -0.39 is 20.2 Å². The van der Waals surface area contributed by atoms with Crippen LogP contribution in [0, 0.1) is 5.92 Å². The van der Waals surface area contributed by atoms with E-state index in [1.807, 2.05) is 18.7 Å². The number of esters is 1. The number of carbonyl (C=O) groups excluding carboxylic acids is 1. The van der Waals surface area contributed by atoms with E-state index in [0.717, 1.165) is 12.1 Å². The summed E-state index contributed by atoms with van der Waals surface area (Å²) in [5.74, 6) is 0.944. The summed E-state index contributed by atoms with van der Waals surface area (Å²) in [5.41, 5.74) is -4.79. The zero-order valence-corrected chi connectivity index (χ0v) is 21.3. The Bertz CT molecular complexity index is 1290. The van der Waals surface area contributed by atoms with Gasteiger partial charge in [0, 0.05) is 39.1 Å². The molecule has 0 N–H and O–H groups in total. The van der Waals surface area contributed by atoms with Gasteiger partial charge in [-0.15, -0.1) is 0 Å². The lowest BCUT2D eigenvalue weighted by Crippen LogP contribution is -2.49. The summed E-state index contributed by atoms with van der Waals surface area (Å²) < 4.78 is 75.2. The van der Waals surface area contributed by atoms with Crippen molar-refractivity contribution in [3.05, 3.63) is 48.0 Å². The number of nitrogens with zero attached hydrogens (tertiary/aromatic N) is 3. The van der Waals surface area contributed by atoms with Crippen molar-refractivity contribution in [2.75, 3.05) is 39.3 Å². The third-order valence-corrected chi connectivity index (χ3v) is 7.52. The van der Waals surface area contributed by atoms with E-state index in [0.29, 0.717) is 56.4 Å². The molecule has 0 amide bonds. The minimum Gasteiger partial charge on any atom is -0.464 e. The van der Waals surface area contributed by atoms with Gasteiger partial charge in [-0.25, -0.2) is 13.4 Å². The number of halogens is 3. The highest BCUT2D eigenvalue weighted by Crippen LogP contribution is 2.40. The van der Waals surface area contributed by atoms with E-state index in [-0.39, 0.29) is 29.8 Å². The number of hydrogen-bond acceptors (Lipinski definition) is 8. The summed E-state index contributed by atoms with van der Waals surface area (Å²) in [6.07, 6.45) is 0.364. The fraction of sp³-hybridized carbons (Fsp3) is 0.440. The number of ether oxygens (including phenoxy) is 2. The molecule has 2 aliphatic rings. The van der Waals surface area contributed by atoms with Crippen LogP contribution in [0.25, 0.3) is 0 Å². The molecule has 8 nitrogen and oxygen atoms in total. The van der Waals surface area contributed by atoms with Crippen molar-refractivity contribution in [1.29, 1.82) is 0 Å². The van der Waals surface area contributed by atoms with Crippen molar-refractivity contribution in [2.45, 2.75) is 30.7 Å². The Balaban J connectivity index is 1.56. The van der Waals surface area contributed by atoms with Crippen LogP contribution >= 0.6 is 0 Å². The number of alkyl halides is 3. The van der Waals surface area contributed by atoms with Crippen LogP contribution in [-0.2, 0) is 19.4 Å². The fourth-order valence-electron chi connectivity index (χ4n) is 4.11. The molecule has 2 heterocycles. The van der Waals surface area contributed by atoms with Crippen molar-refractivity contribution < 1.29 is 35.9 Å². The lowest BCUT2D eigenvalue weighted by molar-refractivity contribution is -0.145. The molecule has 12 heteroatoms. The standard InChI is InChI=1S/C25H28F3N3O5S/c1-17(2)15-23(32)35-14-13-30-9-11-31(12-10-30)24-19-16-18(37(33,34)25(26,27)28)7-8-21(19)36-22-6-4-3-5-20(22)29-24/h3-8,16-17H,9-15H2,1-2H3. The third-order valence-electron chi connectivity index (χ3n) is 6.04. The predicted molar refractivity (Wildman–Crippen MR) is 131 cm³/mol. The first-order valence-electron chi connectivity index (χ1n) is 11.9. The van der Waals surface area contributed by atoms with Crippen molar-refractivity contribution in [3.8, 4) is 11.5 Å². The second kappa shape index (κ2) is 10.7. The second-order valence-corrected chi connectivity index (χ2v) is 11.2. The number of para-hydroxylation sites is 2. The molecule has 0 radical (unpaired) electrons. The molecule has 1 fully saturated rings. The number of benzene rings is 2. The Morgan fingerprint density at radius 3 is 2.46 bits per heavy atom. The maximum Gasteiger partial charge on any atom is 0.501 e. The van der Waals surface area contributed by atoms with Crippen LogP contribution in [0.4, 0.5) is 18.9 Å². The zero-order chi connectivity index (χ0) is 26.8. The minimum absolute atomic E-state index is 0.164. The number of fused-ring (bicyclic) bond motifs is 2. The van der Waals surface area contributed by atoms with E-state index in [9.17, 15) is 26.4 Å². The fourth-order valence-corrected chi connectivity index (χ4v) is 4.89. The summed E-state index contributed by atoms with van der Waals surface area (Å²) in [4.78, 5) is 19.6. The Morgan fingerprint density at radius 2 is 1.78 bits per heavy atom. The lowest BCUT2D eigenvalue weighted by atomic mass is 10.1. The van der Waals surface area contributed by atoms with Gasteiger partial charge in [0.05, 0.1) is 10.5 Å². The van der Waals surface area contributed by atoms with Crippen molar-refractivity contribution in [1.82, 2.24) is 9.80 Å². The third kappa shape index (κ3) is 6.07. The molecule has 0 atom stereocenters. The SMILES string of the molecule is CC(C)CC(=O)OCCN1CCN(C2=Nc3ccccc3Oc3ccc(S(=O)(=O)C(F)(F)F)cc32)CC1. The molecule has 0 spiro atoms. The van der Waals surface area contributed by atoms with Gasteiger partial charge in [0.25, 0.3) is 9.84 Å². The van der Waals surface area contributed by atoms with E-state index in [2.05, 4.69) is 9.89 Å². The summed E-state index contributed by atoms with van der Waals surface area (Å²) in [6.45, 7) is 6.88. The quantitative estimate of drug-likeness (QED) is 0.504. The number of rotatable bonds is 6. The van der Waals surface area contributed by atoms with Crippen molar-refractivity contribution >= 4 is 27.3 Å². The summed E-state index contributed by atoms with van der Waals surface area (Å²) in [5, 5.41) is 0. The lowest BCUT2D eigenvalue weighted by Gasteiger charge is -2.36. The van der Waals surface area contributed by atoms with Crippen LogP contribution in [0.5, 0.6) is 11.5 Å². The summed E-state index contributed by atoms with van der Waals surface area (Å²) in [7, 11) is -5.56. The maximum absolute atomic E-state index is 13.3. The molecule has 2 aromatic rings. The Morgan fingerprint density at radius 1 is 1.08 bits per heavy atom. The van der Waals surface area contributed by atoms with Crippen LogP contribution < -0.4 is 4.74 Å². The number of carbonyl (C=O) groups is 1. The van der Waals surface area contributed by atoms with E-state index >= 15 is 0 Å². The van der Waals surface area contributed by atoms with Gasteiger partial charge in [-0.2, -0.15) is 13.2 Å². The van der Waals surface area contributed by atoms with Crippen LogP contribution in [0.1, 0.15) is 25.8 Å². The number of hydrogen-bond donors (Lipinski definition) is 0. The Kier molecular flexibility index (Phi) is 7.79. The normalized spacial score (nSPS) is 16.4. The Hall–Kier alpha value is -3.12. The van der Waals surface area contributed by atoms with E-state index in [1.54, 1.807) is 24.3 Å². The first kappa shape index (κ1) is 26.9. The van der Waals surface area contributed by atoms with Crippen LogP contribution in [-0.4, -0.2) is 74.9 Å². The van der Waals surface area contributed by atoms with E-state index in [4.69, 9.17) is 9.47 Å². The minimum atomic E-state index is -5.56. The summed E-state index contributed by atoms with van der Waals surface area (Å²) >= 11 is 0. The average Bonchev–Trinajstić information content (AvgIpc) is 2.99. The highest BCUT2D eigenvalue weighted by Gasteiger charge is 2.47. The molecule has 0 unspecified atom stereocenters. The highest BCUT2D eigenvalue weighted by atomic mass is 32.2. The second-order valence-electron chi connectivity index (χ2n) is 9.26. The zero-order valence-electron chi connectivity index (χ0n) is 20.5.